The average molecular weight is 395 g/mol. The second kappa shape index (κ2) is 8.00. The number of hydrogen-bond acceptors (Lipinski definition) is 4. The van der Waals surface area contributed by atoms with Crippen LogP contribution in [0, 0.1) is 0 Å². The van der Waals surface area contributed by atoms with Gasteiger partial charge in [-0.25, -0.2) is 8.42 Å². The topological polar surface area (TPSA) is 83.6 Å². The maximum Gasteiger partial charge on any atom is 0.251 e. The third kappa shape index (κ3) is 5.31. The molecule has 1 aromatic carbocycles. The van der Waals surface area contributed by atoms with Crippen LogP contribution < -0.4 is 5.32 Å². The minimum absolute atomic E-state index is 0.00150. The summed E-state index contributed by atoms with van der Waals surface area (Å²) < 4.78 is 23.4. The summed E-state index contributed by atoms with van der Waals surface area (Å²) in [7, 11) is -3.07. The zero-order chi connectivity index (χ0) is 20.4. The lowest BCUT2D eigenvalue weighted by molar-refractivity contribution is -0.134. The Morgan fingerprint density at radius 2 is 1.81 bits per heavy atom. The van der Waals surface area contributed by atoms with Crippen LogP contribution in [0.15, 0.2) is 24.3 Å². The zero-order valence-electron chi connectivity index (χ0n) is 16.8. The normalized spacial score (nSPS) is 20.1. The first-order valence-electron chi connectivity index (χ1n) is 9.37. The Morgan fingerprint density at radius 3 is 2.26 bits per heavy atom. The highest BCUT2D eigenvalue weighted by Crippen LogP contribution is 2.22. The van der Waals surface area contributed by atoms with Crippen molar-refractivity contribution in [1.82, 2.24) is 10.2 Å². The molecule has 1 aliphatic rings. The number of hydrogen-bond donors (Lipinski definition) is 1. The standard InChI is InChI=1S/C20H30N2O4S/c1-6-22(17-11-12-27(25,26)13-17)19(24)14(2)21-18(23)15-7-9-16(10-8-15)20(3,4)5/h7-10,14,17H,6,11-13H2,1-5H3,(H,21,23)/t14-,17?/m1/s1. The molecule has 0 aromatic heterocycles. The summed E-state index contributed by atoms with van der Waals surface area (Å²) >= 11 is 0. The van der Waals surface area contributed by atoms with Crippen LogP contribution in [-0.2, 0) is 20.0 Å². The zero-order valence-corrected chi connectivity index (χ0v) is 17.6. The largest absolute Gasteiger partial charge is 0.341 e. The second-order valence-corrected chi connectivity index (χ2v) is 10.4. The van der Waals surface area contributed by atoms with Gasteiger partial charge in [0.1, 0.15) is 6.04 Å². The quantitative estimate of drug-likeness (QED) is 0.829. The molecule has 1 unspecified atom stereocenters. The molecule has 7 heteroatoms. The Bertz CT molecular complexity index is 794. The molecule has 27 heavy (non-hydrogen) atoms. The van der Waals surface area contributed by atoms with Gasteiger partial charge in [-0.05, 0) is 43.4 Å². The van der Waals surface area contributed by atoms with Crippen molar-refractivity contribution in [2.24, 2.45) is 0 Å². The highest BCUT2D eigenvalue weighted by atomic mass is 32.2. The molecule has 0 spiro atoms. The van der Waals surface area contributed by atoms with Crippen LogP contribution in [0.5, 0.6) is 0 Å². The third-order valence-corrected chi connectivity index (χ3v) is 6.75. The molecule has 2 atom stereocenters. The van der Waals surface area contributed by atoms with E-state index in [0.29, 0.717) is 18.5 Å². The first-order valence-corrected chi connectivity index (χ1v) is 11.2. The molecule has 2 rings (SSSR count). The molecule has 1 aromatic rings. The van der Waals surface area contributed by atoms with Crippen molar-refractivity contribution in [2.75, 3.05) is 18.1 Å². The van der Waals surface area contributed by atoms with Crippen LogP contribution in [0.3, 0.4) is 0 Å². The molecular formula is C20H30N2O4S. The van der Waals surface area contributed by atoms with E-state index in [1.54, 1.807) is 24.0 Å². The lowest BCUT2D eigenvalue weighted by Gasteiger charge is -2.29. The molecule has 6 nitrogen and oxygen atoms in total. The van der Waals surface area contributed by atoms with Crippen LogP contribution >= 0.6 is 0 Å². The van der Waals surface area contributed by atoms with Gasteiger partial charge in [-0.15, -0.1) is 0 Å². The van der Waals surface area contributed by atoms with E-state index in [1.165, 1.54) is 0 Å². The van der Waals surface area contributed by atoms with E-state index in [4.69, 9.17) is 0 Å². The fourth-order valence-corrected chi connectivity index (χ4v) is 5.06. The predicted molar refractivity (Wildman–Crippen MR) is 107 cm³/mol. The first kappa shape index (κ1) is 21.4. The number of carbonyl (C=O) groups is 2. The smallest absolute Gasteiger partial charge is 0.251 e. The Hall–Kier alpha value is -1.89. The monoisotopic (exact) mass is 394 g/mol. The minimum Gasteiger partial charge on any atom is -0.341 e. The molecule has 150 valence electrons. The molecular weight excluding hydrogens is 364 g/mol. The Morgan fingerprint density at radius 1 is 1.22 bits per heavy atom. The lowest BCUT2D eigenvalue weighted by Crippen LogP contribution is -2.51. The SMILES string of the molecule is CCN(C(=O)[C@@H](C)NC(=O)c1ccc(C(C)(C)C)cc1)C1CCS(=O)(=O)C1. The number of sulfone groups is 1. The first-order chi connectivity index (χ1) is 12.4. The average Bonchev–Trinajstić information content (AvgIpc) is 2.94. The summed E-state index contributed by atoms with van der Waals surface area (Å²) in [6.07, 6.45) is 0.455. The van der Waals surface area contributed by atoms with E-state index < -0.39 is 15.9 Å². The van der Waals surface area contributed by atoms with Crippen molar-refractivity contribution in [1.29, 1.82) is 0 Å². The molecule has 1 heterocycles. The molecule has 0 saturated carbocycles. The lowest BCUT2D eigenvalue weighted by atomic mass is 9.86. The fourth-order valence-electron chi connectivity index (χ4n) is 3.33. The van der Waals surface area contributed by atoms with Crippen LogP contribution in [0.1, 0.15) is 57.0 Å². The third-order valence-electron chi connectivity index (χ3n) is 5.00. The van der Waals surface area contributed by atoms with Crippen LogP contribution in [0.25, 0.3) is 0 Å². The van der Waals surface area contributed by atoms with Gasteiger partial charge in [0.2, 0.25) is 5.91 Å². The van der Waals surface area contributed by atoms with E-state index in [-0.39, 0.29) is 34.8 Å². The molecule has 2 amide bonds. The van der Waals surface area contributed by atoms with Crippen LogP contribution in [0.2, 0.25) is 0 Å². The summed E-state index contributed by atoms with van der Waals surface area (Å²) in [4.78, 5) is 26.8. The van der Waals surface area contributed by atoms with Gasteiger partial charge >= 0.3 is 0 Å². The van der Waals surface area contributed by atoms with Gasteiger partial charge in [0.25, 0.3) is 5.91 Å². The summed E-state index contributed by atoms with van der Waals surface area (Å²) in [5.74, 6) is -0.449. The maximum absolute atomic E-state index is 12.7. The second-order valence-electron chi connectivity index (χ2n) is 8.20. The van der Waals surface area contributed by atoms with Gasteiger partial charge < -0.3 is 10.2 Å². The van der Waals surface area contributed by atoms with Crippen molar-refractivity contribution in [3.05, 3.63) is 35.4 Å². The predicted octanol–water partition coefficient (Wildman–Crippen LogP) is 2.14. The number of nitrogens with one attached hydrogen (secondary N) is 1. The van der Waals surface area contributed by atoms with Crippen molar-refractivity contribution >= 4 is 21.7 Å². The van der Waals surface area contributed by atoms with E-state index in [1.807, 2.05) is 19.1 Å². The van der Waals surface area contributed by atoms with Crippen molar-refractivity contribution in [2.45, 2.75) is 58.5 Å². The molecule has 0 bridgehead atoms. The molecule has 1 aliphatic heterocycles. The van der Waals surface area contributed by atoms with Gasteiger partial charge in [-0.2, -0.15) is 0 Å². The van der Waals surface area contributed by atoms with Gasteiger partial charge in [-0.3, -0.25) is 9.59 Å². The molecule has 1 fully saturated rings. The number of benzene rings is 1. The summed E-state index contributed by atoms with van der Waals surface area (Å²) in [6.45, 7) is 10.2. The number of likely N-dealkylation sites (N-methyl/N-ethyl adjacent to an activating group) is 1. The molecule has 1 saturated heterocycles. The number of amides is 2. The van der Waals surface area contributed by atoms with E-state index in [0.717, 1.165) is 5.56 Å². The van der Waals surface area contributed by atoms with E-state index in [9.17, 15) is 18.0 Å². The van der Waals surface area contributed by atoms with Gasteiger partial charge in [-0.1, -0.05) is 32.9 Å². The molecule has 0 radical (unpaired) electrons. The van der Waals surface area contributed by atoms with Crippen molar-refractivity contribution in [3.8, 4) is 0 Å². The Kier molecular flexibility index (Phi) is 6.35. The summed E-state index contributed by atoms with van der Waals surface area (Å²) in [6, 6.07) is 6.33. The van der Waals surface area contributed by atoms with Crippen LogP contribution in [-0.4, -0.2) is 55.3 Å². The highest BCUT2D eigenvalue weighted by molar-refractivity contribution is 7.91. The van der Waals surface area contributed by atoms with Gasteiger partial charge in [0.15, 0.2) is 9.84 Å². The van der Waals surface area contributed by atoms with Gasteiger partial charge in [0, 0.05) is 18.2 Å². The maximum atomic E-state index is 12.7. The number of nitrogens with zero attached hydrogens (tertiary/aromatic N) is 1. The number of carbonyl (C=O) groups excluding carboxylic acids is 2. The molecule has 0 aliphatic carbocycles. The van der Waals surface area contributed by atoms with E-state index >= 15 is 0 Å². The Labute approximate surface area is 162 Å². The molecule has 1 N–H and O–H groups in total. The number of rotatable bonds is 5. The minimum atomic E-state index is -3.07. The Balaban J connectivity index is 2.03. The highest BCUT2D eigenvalue weighted by Gasteiger charge is 2.35. The van der Waals surface area contributed by atoms with Crippen molar-refractivity contribution < 1.29 is 18.0 Å². The van der Waals surface area contributed by atoms with Crippen LogP contribution in [0.4, 0.5) is 0 Å². The van der Waals surface area contributed by atoms with E-state index in [2.05, 4.69) is 26.1 Å². The van der Waals surface area contributed by atoms with Crippen molar-refractivity contribution in [3.63, 3.8) is 0 Å². The summed E-state index contributed by atoms with van der Waals surface area (Å²) in [5, 5.41) is 2.73. The summed E-state index contributed by atoms with van der Waals surface area (Å²) in [5.41, 5.74) is 1.62. The van der Waals surface area contributed by atoms with Gasteiger partial charge in [0.05, 0.1) is 11.5 Å². The fraction of sp³-hybridized carbons (Fsp3) is 0.600.